The molecule has 0 aliphatic rings. The van der Waals surface area contributed by atoms with E-state index in [9.17, 15) is 19.8 Å². The van der Waals surface area contributed by atoms with Crippen molar-refractivity contribution in [1.82, 2.24) is 5.32 Å². The van der Waals surface area contributed by atoms with E-state index in [2.05, 4.69) is 31.3 Å². The van der Waals surface area contributed by atoms with E-state index in [1.165, 1.54) is 186 Å². The fourth-order valence-electron chi connectivity index (χ4n) is 8.27. The molecule has 2 unspecified atom stereocenters. The second-order valence-electron chi connectivity index (χ2n) is 18.6. The minimum Gasteiger partial charge on any atom is -0.466 e. The maximum absolute atomic E-state index is 12.4. The molecule has 1 amide bonds. The lowest BCUT2D eigenvalue weighted by Crippen LogP contribution is -2.45. The summed E-state index contributed by atoms with van der Waals surface area (Å²) in [5.41, 5.74) is 0. The summed E-state index contributed by atoms with van der Waals surface area (Å²) in [5, 5.41) is 23.0. The summed E-state index contributed by atoms with van der Waals surface area (Å²) >= 11 is 0. The van der Waals surface area contributed by atoms with Gasteiger partial charge >= 0.3 is 5.97 Å². The molecule has 0 radical (unpaired) electrons. The van der Waals surface area contributed by atoms with Crippen molar-refractivity contribution >= 4 is 11.9 Å². The molecule has 0 fully saturated rings. The number of unbranched alkanes of at least 4 members (excludes halogenated alkanes) is 37. The molecule has 0 rings (SSSR count). The van der Waals surface area contributed by atoms with E-state index in [0.29, 0.717) is 19.4 Å². The van der Waals surface area contributed by atoms with Gasteiger partial charge in [-0.2, -0.15) is 0 Å². The molecule has 0 spiro atoms. The van der Waals surface area contributed by atoms with Crippen LogP contribution in [-0.4, -0.2) is 47.4 Å². The van der Waals surface area contributed by atoms with Crippen LogP contribution in [0.25, 0.3) is 0 Å². The molecular weight excluding hydrogens is 755 g/mol. The largest absolute Gasteiger partial charge is 0.466 e. The highest BCUT2D eigenvalue weighted by Gasteiger charge is 2.18. The topological polar surface area (TPSA) is 95.9 Å². The number of hydrogen-bond donors (Lipinski definition) is 3. The molecule has 6 nitrogen and oxygen atoms in total. The van der Waals surface area contributed by atoms with Crippen LogP contribution in [0.4, 0.5) is 0 Å². The lowest BCUT2D eigenvalue weighted by Gasteiger charge is -2.20. The van der Waals surface area contributed by atoms with Gasteiger partial charge in [-0.05, 0) is 64.2 Å². The molecule has 0 aromatic heterocycles. The van der Waals surface area contributed by atoms with Crippen LogP contribution < -0.4 is 5.32 Å². The van der Waals surface area contributed by atoms with Gasteiger partial charge in [-0.15, -0.1) is 0 Å². The molecule has 0 saturated carbocycles. The number of aliphatic hydroxyl groups is 2. The van der Waals surface area contributed by atoms with Gasteiger partial charge in [0.25, 0.3) is 0 Å². The first-order valence-electron chi connectivity index (χ1n) is 27.1. The van der Waals surface area contributed by atoms with E-state index in [1.807, 2.05) is 6.08 Å². The Kier molecular flexibility index (Phi) is 49.6. The number of carbonyl (C=O) groups is 2. The highest BCUT2D eigenvalue weighted by atomic mass is 16.5. The van der Waals surface area contributed by atoms with Gasteiger partial charge in [0.15, 0.2) is 0 Å². The quantitative estimate of drug-likeness (QED) is 0.0322. The first-order valence-corrected chi connectivity index (χ1v) is 27.1. The fraction of sp³-hybridized carbons (Fsp3) is 0.891. The third-order valence-corrected chi connectivity index (χ3v) is 12.5. The normalized spacial score (nSPS) is 12.8. The number of aliphatic hydroxyl groups excluding tert-OH is 2. The molecule has 0 aromatic carbocycles. The zero-order chi connectivity index (χ0) is 44.4. The second kappa shape index (κ2) is 51.0. The van der Waals surface area contributed by atoms with Gasteiger partial charge in [0.05, 0.1) is 25.4 Å². The van der Waals surface area contributed by atoms with Crippen LogP contribution in [0.15, 0.2) is 24.3 Å². The van der Waals surface area contributed by atoms with Crippen molar-refractivity contribution in [3.8, 4) is 0 Å². The maximum Gasteiger partial charge on any atom is 0.305 e. The van der Waals surface area contributed by atoms with Crippen LogP contribution in [0, 0.1) is 0 Å². The predicted octanol–water partition coefficient (Wildman–Crippen LogP) is 16.3. The van der Waals surface area contributed by atoms with Crippen LogP contribution in [-0.2, 0) is 14.3 Å². The van der Waals surface area contributed by atoms with Crippen molar-refractivity contribution in [3.63, 3.8) is 0 Å². The Morgan fingerprint density at radius 2 is 0.770 bits per heavy atom. The number of esters is 1. The Morgan fingerprint density at radius 1 is 0.443 bits per heavy atom. The number of allylic oxidation sites excluding steroid dienone is 3. The SMILES string of the molecule is CCCCCCCCCCCCCCC/C=C/C(O)C(CO)NC(=O)CCCCCCC/C=C\CCCCCOC(=O)CCCCCCCCCCCCCCCCCCC. The number of carbonyl (C=O) groups excluding carboxylic acids is 2. The van der Waals surface area contributed by atoms with Gasteiger partial charge in [0, 0.05) is 12.8 Å². The van der Waals surface area contributed by atoms with Crippen LogP contribution in [0.5, 0.6) is 0 Å². The minimum atomic E-state index is -0.859. The van der Waals surface area contributed by atoms with E-state index >= 15 is 0 Å². The Labute approximate surface area is 380 Å². The average Bonchev–Trinajstić information content (AvgIpc) is 3.26. The van der Waals surface area contributed by atoms with Crippen molar-refractivity contribution in [3.05, 3.63) is 24.3 Å². The van der Waals surface area contributed by atoms with Gasteiger partial charge in [-0.1, -0.05) is 237 Å². The summed E-state index contributed by atoms with van der Waals surface area (Å²) < 4.78 is 5.46. The Bertz CT molecular complexity index is 951. The standard InChI is InChI=1S/C55H105NO5/c1-3-5-7-9-11-13-15-17-19-20-22-24-29-33-37-41-45-49-55(60)61-50-46-42-38-34-30-26-25-28-32-36-40-44-48-54(59)56-52(51-57)53(58)47-43-39-35-31-27-23-21-18-16-14-12-10-8-6-4-2/h26,30,43,47,52-53,57-58H,3-25,27-29,31-42,44-46,48-51H2,1-2H3,(H,56,59)/b30-26-,47-43+. The first kappa shape index (κ1) is 59.3. The molecule has 2 atom stereocenters. The highest BCUT2D eigenvalue weighted by Crippen LogP contribution is 2.16. The molecular formula is C55H105NO5. The summed E-state index contributed by atoms with van der Waals surface area (Å²) in [6.45, 7) is 4.85. The third-order valence-electron chi connectivity index (χ3n) is 12.5. The van der Waals surface area contributed by atoms with Gasteiger partial charge in [0.1, 0.15) is 0 Å². The Hall–Kier alpha value is -1.66. The van der Waals surface area contributed by atoms with Gasteiger partial charge in [-0.25, -0.2) is 0 Å². The maximum atomic E-state index is 12.4. The molecule has 0 aliphatic carbocycles. The van der Waals surface area contributed by atoms with Crippen molar-refractivity contribution in [2.75, 3.05) is 13.2 Å². The minimum absolute atomic E-state index is 0.0205. The lowest BCUT2D eigenvalue weighted by molar-refractivity contribution is -0.143. The summed E-state index contributed by atoms with van der Waals surface area (Å²) in [5.74, 6) is -0.113. The van der Waals surface area contributed by atoms with E-state index in [0.717, 1.165) is 77.0 Å². The molecule has 0 aromatic rings. The van der Waals surface area contributed by atoms with Crippen molar-refractivity contribution < 1.29 is 24.5 Å². The molecule has 0 aliphatic heterocycles. The summed E-state index contributed by atoms with van der Waals surface area (Å²) in [6, 6.07) is -0.645. The van der Waals surface area contributed by atoms with Crippen LogP contribution >= 0.6 is 0 Å². The number of ether oxygens (including phenoxy) is 1. The molecule has 0 heterocycles. The van der Waals surface area contributed by atoms with E-state index in [-0.39, 0.29) is 18.5 Å². The molecule has 0 saturated heterocycles. The van der Waals surface area contributed by atoms with Crippen LogP contribution in [0.3, 0.4) is 0 Å². The molecule has 61 heavy (non-hydrogen) atoms. The first-order chi connectivity index (χ1) is 30.0. The van der Waals surface area contributed by atoms with Crippen LogP contribution in [0.1, 0.15) is 290 Å². The Morgan fingerprint density at radius 3 is 1.16 bits per heavy atom. The van der Waals surface area contributed by atoms with Crippen molar-refractivity contribution in [1.29, 1.82) is 0 Å². The van der Waals surface area contributed by atoms with E-state index < -0.39 is 12.1 Å². The van der Waals surface area contributed by atoms with Gasteiger partial charge < -0.3 is 20.3 Å². The average molecular weight is 860 g/mol. The number of nitrogens with one attached hydrogen (secondary N) is 1. The zero-order valence-electron chi connectivity index (χ0n) is 40.9. The van der Waals surface area contributed by atoms with E-state index in [1.54, 1.807) is 6.08 Å². The summed E-state index contributed by atoms with van der Waals surface area (Å²) in [4.78, 5) is 24.5. The highest BCUT2D eigenvalue weighted by molar-refractivity contribution is 5.76. The number of hydrogen-bond acceptors (Lipinski definition) is 5. The lowest BCUT2D eigenvalue weighted by atomic mass is 10.0. The predicted molar refractivity (Wildman–Crippen MR) is 264 cm³/mol. The summed E-state index contributed by atoms with van der Waals surface area (Å²) in [6.07, 6.45) is 60.4. The zero-order valence-corrected chi connectivity index (χ0v) is 40.9. The molecule has 3 N–H and O–H groups in total. The van der Waals surface area contributed by atoms with E-state index in [4.69, 9.17) is 4.74 Å². The third kappa shape index (κ3) is 47.7. The number of amides is 1. The number of rotatable bonds is 50. The molecule has 360 valence electrons. The molecule has 6 heteroatoms. The van der Waals surface area contributed by atoms with Gasteiger partial charge in [-0.3, -0.25) is 9.59 Å². The van der Waals surface area contributed by atoms with Crippen LogP contribution in [0.2, 0.25) is 0 Å². The van der Waals surface area contributed by atoms with Crippen molar-refractivity contribution in [2.45, 2.75) is 302 Å². The second-order valence-corrected chi connectivity index (χ2v) is 18.6. The smallest absolute Gasteiger partial charge is 0.305 e. The molecule has 0 bridgehead atoms. The Balaban J connectivity index is 3.51. The van der Waals surface area contributed by atoms with Crippen molar-refractivity contribution in [2.24, 2.45) is 0 Å². The summed E-state index contributed by atoms with van der Waals surface area (Å²) in [7, 11) is 0. The van der Waals surface area contributed by atoms with Gasteiger partial charge in [0.2, 0.25) is 5.91 Å². The fourth-order valence-corrected chi connectivity index (χ4v) is 8.27. The monoisotopic (exact) mass is 860 g/mol.